The number of ether oxygens (including phenoxy) is 1. The summed E-state index contributed by atoms with van der Waals surface area (Å²) < 4.78 is 5.79. The molecule has 0 rings (SSSR count). The number of nitrogens with zero attached hydrogens (tertiary/aromatic N) is 1. The van der Waals surface area contributed by atoms with Crippen LogP contribution in [0, 0.1) is 5.92 Å². The molecule has 32 heavy (non-hydrogen) atoms. The van der Waals surface area contributed by atoms with Crippen LogP contribution >= 0.6 is 11.6 Å². The number of likely N-dealkylation sites (N-methyl/N-ethyl adjacent to an activating group) is 1. The molecule has 0 aliphatic rings. The fourth-order valence-corrected chi connectivity index (χ4v) is 3.46. The first-order valence-electron chi connectivity index (χ1n) is 11.5. The van der Waals surface area contributed by atoms with Crippen LogP contribution in [-0.2, 0) is 4.74 Å². The zero-order chi connectivity index (χ0) is 24.4. The Kier molecular flexibility index (Phi) is 17.7. The van der Waals surface area contributed by atoms with Gasteiger partial charge in [0.2, 0.25) is 0 Å². The minimum Gasteiger partial charge on any atom is -0.514 e. The summed E-state index contributed by atoms with van der Waals surface area (Å²) in [7, 11) is 0. The van der Waals surface area contributed by atoms with E-state index in [9.17, 15) is 5.11 Å². The Bertz CT molecular complexity index is 639. The SMILES string of the molecule is C=C/C=C(\C=C)OCCC(CCN(CC)C/C(C=C)=C/C(Cl)=C/O)C(O)NC(CC)CC. The fourth-order valence-electron chi connectivity index (χ4n) is 3.32. The molecule has 0 fully saturated rings. The molecule has 0 amide bonds. The van der Waals surface area contributed by atoms with Crippen molar-refractivity contribution in [3.63, 3.8) is 0 Å². The smallest absolute Gasteiger partial charge is 0.118 e. The van der Waals surface area contributed by atoms with E-state index in [-0.39, 0.29) is 17.0 Å². The average Bonchev–Trinajstić information content (AvgIpc) is 2.81. The predicted molar refractivity (Wildman–Crippen MR) is 138 cm³/mol. The van der Waals surface area contributed by atoms with Crippen molar-refractivity contribution in [3.05, 3.63) is 72.7 Å². The van der Waals surface area contributed by atoms with Crippen LogP contribution in [0.4, 0.5) is 0 Å². The van der Waals surface area contributed by atoms with E-state index in [1.807, 2.05) is 0 Å². The largest absolute Gasteiger partial charge is 0.514 e. The highest BCUT2D eigenvalue weighted by molar-refractivity contribution is 6.31. The highest BCUT2D eigenvalue weighted by atomic mass is 35.5. The van der Waals surface area contributed by atoms with Crippen LogP contribution in [0.3, 0.4) is 0 Å². The standard InChI is InChI=1S/C26H43ClN2O3/c1-7-13-25(11-5)32-17-15-22(26(31)28-24(9-3)10-4)14-16-29(12-6)19-21(8-2)18-23(27)20-30/h7-8,11,13,18,20,22,24,26,28,30-31H,1-2,5,9-10,12,14-17,19H2,3-4,6H3/b21-18+,23-20-,25-13+. The lowest BCUT2D eigenvalue weighted by atomic mass is 9.98. The van der Waals surface area contributed by atoms with Crippen molar-refractivity contribution < 1.29 is 14.9 Å². The van der Waals surface area contributed by atoms with E-state index in [1.54, 1.807) is 30.4 Å². The van der Waals surface area contributed by atoms with Gasteiger partial charge in [0, 0.05) is 18.5 Å². The van der Waals surface area contributed by atoms with Gasteiger partial charge in [0.25, 0.3) is 0 Å². The van der Waals surface area contributed by atoms with Gasteiger partial charge in [0.15, 0.2) is 0 Å². The molecule has 6 heteroatoms. The molecule has 0 aromatic carbocycles. The van der Waals surface area contributed by atoms with E-state index in [4.69, 9.17) is 21.4 Å². The maximum atomic E-state index is 10.9. The summed E-state index contributed by atoms with van der Waals surface area (Å²) in [5.41, 5.74) is 0.919. The van der Waals surface area contributed by atoms with Crippen molar-refractivity contribution in [2.45, 2.75) is 58.7 Å². The van der Waals surface area contributed by atoms with Gasteiger partial charge in [0.05, 0.1) is 17.9 Å². The monoisotopic (exact) mass is 466 g/mol. The lowest BCUT2D eigenvalue weighted by Crippen LogP contribution is -2.43. The molecule has 3 N–H and O–H groups in total. The number of nitrogens with one attached hydrogen (secondary N) is 1. The van der Waals surface area contributed by atoms with E-state index in [1.165, 1.54) is 0 Å². The van der Waals surface area contributed by atoms with Crippen LogP contribution in [0.2, 0.25) is 0 Å². The zero-order valence-corrected chi connectivity index (χ0v) is 20.9. The van der Waals surface area contributed by atoms with E-state index >= 15 is 0 Å². The Labute approximate surface area is 200 Å². The second kappa shape index (κ2) is 18.8. The number of aliphatic hydroxyl groups is 2. The van der Waals surface area contributed by atoms with E-state index < -0.39 is 6.23 Å². The van der Waals surface area contributed by atoms with E-state index in [2.05, 4.69) is 50.7 Å². The first kappa shape index (κ1) is 30.2. The maximum Gasteiger partial charge on any atom is 0.118 e. The molecule has 0 radical (unpaired) electrons. The van der Waals surface area contributed by atoms with Gasteiger partial charge in [-0.25, -0.2) is 0 Å². The lowest BCUT2D eigenvalue weighted by molar-refractivity contribution is 0.0371. The van der Waals surface area contributed by atoms with E-state index in [0.29, 0.717) is 25.3 Å². The Hall–Kier alpha value is -1.79. The third-order valence-corrected chi connectivity index (χ3v) is 5.66. The van der Waals surface area contributed by atoms with Crippen molar-refractivity contribution >= 4 is 11.6 Å². The maximum absolute atomic E-state index is 10.9. The molecular formula is C26H43ClN2O3. The number of halogens is 1. The van der Waals surface area contributed by atoms with Crippen LogP contribution in [0.25, 0.3) is 0 Å². The molecule has 5 nitrogen and oxygen atoms in total. The molecule has 0 spiro atoms. The molecule has 0 bridgehead atoms. The normalized spacial score (nSPS) is 15.0. The molecule has 0 aromatic rings. The lowest BCUT2D eigenvalue weighted by Gasteiger charge is -2.30. The Morgan fingerprint density at radius 1 is 1.12 bits per heavy atom. The summed E-state index contributed by atoms with van der Waals surface area (Å²) >= 11 is 5.92. The van der Waals surface area contributed by atoms with Crippen molar-refractivity contribution in [2.24, 2.45) is 5.92 Å². The molecule has 2 unspecified atom stereocenters. The van der Waals surface area contributed by atoms with Gasteiger partial charge in [-0.2, -0.15) is 0 Å². The van der Waals surface area contributed by atoms with Crippen molar-refractivity contribution in [2.75, 3.05) is 26.2 Å². The van der Waals surface area contributed by atoms with Gasteiger partial charge in [-0.1, -0.05) is 64.3 Å². The molecule has 0 saturated carbocycles. The predicted octanol–water partition coefficient (Wildman–Crippen LogP) is 5.82. The van der Waals surface area contributed by atoms with Gasteiger partial charge in [0.1, 0.15) is 12.0 Å². The van der Waals surface area contributed by atoms with Gasteiger partial charge >= 0.3 is 0 Å². The first-order valence-corrected chi connectivity index (χ1v) is 11.8. The second-order valence-corrected chi connectivity index (χ2v) is 8.06. The molecule has 0 saturated heterocycles. The van der Waals surface area contributed by atoms with Crippen LogP contribution in [0.15, 0.2) is 72.7 Å². The average molecular weight is 467 g/mol. The number of aliphatic hydroxyl groups excluding tert-OH is 2. The van der Waals surface area contributed by atoms with Crippen molar-refractivity contribution in [1.29, 1.82) is 0 Å². The first-order chi connectivity index (χ1) is 15.4. The highest BCUT2D eigenvalue weighted by Gasteiger charge is 2.22. The molecule has 0 aromatic heterocycles. The number of rotatable bonds is 19. The summed E-state index contributed by atoms with van der Waals surface area (Å²) in [5.74, 6) is 0.697. The Balaban J connectivity index is 5.19. The molecule has 2 atom stereocenters. The van der Waals surface area contributed by atoms with Gasteiger partial charge in [-0.05, 0) is 62.6 Å². The van der Waals surface area contributed by atoms with Crippen molar-refractivity contribution in [1.82, 2.24) is 10.2 Å². The second-order valence-electron chi connectivity index (χ2n) is 7.63. The number of hydrogen-bond donors (Lipinski definition) is 3. The summed E-state index contributed by atoms with van der Waals surface area (Å²) in [5, 5.41) is 23.6. The Morgan fingerprint density at radius 2 is 1.81 bits per heavy atom. The summed E-state index contributed by atoms with van der Waals surface area (Å²) in [6.45, 7) is 20.4. The molecule has 0 heterocycles. The zero-order valence-electron chi connectivity index (χ0n) is 20.1. The van der Waals surface area contributed by atoms with Crippen LogP contribution in [0.1, 0.15) is 46.5 Å². The minimum absolute atomic E-state index is 0.0246. The summed E-state index contributed by atoms with van der Waals surface area (Å²) in [6, 6.07) is 0.280. The van der Waals surface area contributed by atoms with Crippen LogP contribution in [-0.4, -0.2) is 53.6 Å². The number of allylic oxidation sites excluding steroid dienone is 5. The van der Waals surface area contributed by atoms with Crippen LogP contribution in [0.5, 0.6) is 0 Å². The topological polar surface area (TPSA) is 65.0 Å². The van der Waals surface area contributed by atoms with Gasteiger partial charge in [-0.15, -0.1) is 0 Å². The van der Waals surface area contributed by atoms with Gasteiger partial charge < -0.3 is 14.9 Å². The fraction of sp³-hybridized carbons (Fsp3) is 0.538. The Morgan fingerprint density at radius 3 is 2.31 bits per heavy atom. The minimum atomic E-state index is -0.612. The quantitative estimate of drug-likeness (QED) is 0.127. The third kappa shape index (κ3) is 12.9. The molecular weight excluding hydrogens is 424 g/mol. The summed E-state index contributed by atoms with van der Waals surface area (Å²) in [4.78, 5) is 2.26. The highest BCUT2D eigenvalue weighted by Crippen LogP contribution is 2.18. The van der Waals surface area contributed by atoms with E-state index in [0.717, 1.165) is 44.2 Å². The van der Waals surface area contributed by atoms with Crippen LogP contribution < -0.4 is 5.32 Å². The number of hydrogen-bond acceptors (Lipinski definition) is 5. The summed E-state index contributed by atoms with van der Waals surface area (Å²) in [6.07, 6.45) is 12.2. The third-order valence-electron chi connectivity index (χ3n) is 5.46. The molecule has 0 aliphatic carbocycles. The molecule has 182 valence electrons. The van der Waals surface area contributed by atoms with Gasteiger partial charge in [-0.3, -0.25) is 10.2 Å². The molecule has 0 aliphatic heterocycles. The van der Waals surface area contributed by atoms with Crippen molar-refractivity contribution in [3.8, 4) is 0 Å².